The minimum absolute atomic E-state index is 0.0538. The van der Waals surface area contributed by atoms with Gasteiger partial charge >= 0.3 is 0 Å². The number of carbonyl (C=O) groups is 2. The quantitative estimate of drug-likeness (QED) is 0.525. The fourth-order valence-corrected chi connectivity index (χ4v) is 4.67. The highest BCUT2D eigenvalue weighted by Gasteiger charge is 2.31. The van der Waals surface area contributed by atoms with Crippen LogP contribution < -0.4 is 25.2 Å². The summed E-state index contributed by atoms with van der Waals surface area (Å²) in [5, 5.41) is 15.4. The van der Waals surface area contributed by atoms with Crippen molar-refractivity contribution in [1.29, 1.82) is 0 Å². The number of carbonyl (C=O) groups excluding carboxylic acids is 2. The molecule has 1 saturated carbocycles. The van der Waals surface area contributed by atoms with Crippen LogP contribution >= 0.6 is 0 Å². The minimum atomic E-state index is -0.299. The van der Waals surface area contributed by atoms with Crippen LogP contribution in [-0.2, 0) is 4.79 Å². The molecule has 2 amide bonds. The van der Waals surface area contributed by atoms with Crippen molar-refractivity contribution in [2.45, 2.75) is 57.5 Å². The van der Waals surface area contributed by atoms with Crippen molar-refractivity contribution in [3.05, 3.63) is 30.0 Å². The molecule has 1 aliphatic carbocycles. The van der Waals surface area contributed by atoms with Gasteiger partial charge in [0, 0.05) is 31.6 Å². The van der Waals surface area contributed by atoms with Gasteiger partial charge in [0.25, 0.3) is 5.91 Å². The van der Waals surface area contributed by atoms with Gasteiger partial charge in [0.2, 0.25) is 11.9 Å². The number of rotatable bonds is 8. The number of nitrogens with one attached hydrogen (secondary N) is 2. The van der Waals surface area contributed by atoms with Gasteiger partial charge in [0.05, 0.1) is 31.6 Å². The van der Waals surface area contributed by atoms with Crippen LogP contribution in [0.1, 0.15) is 55.8 Å². The largest absolute Gasteiger partial charge is 0.495 e. The van der Waals surface area contributed by atoms with Gasteiger partial charge in [-0.25, -0.2) is 4.98 Å². The average molecular weight is 483 g/mol. The van der Waals surface area contributed by atoms with Crippen LogP contribution in [0.2, 0.25) is 0 Å². The molecule has 0 radical (unpaired) electrons. The minimum Gasteiger partial charge on any atom is -0.495 e. The van der Waals surface area contributed by atoms with Gasteiger partial charge < -0.3 is 30.3 Å². The van der Waals surface area contributed by atoms with Gasteiger partial charge in [-0.05, 0) is 37.5 Å². The first-order valence-corrected chi connectivity index (χ1v) is 12.2. The van der Waals surface area contributed by atoms with Crippen molar-refractivity contribution in [1.82, 2.24) is 15.3 Å². The fraction of sp³-hybridized carbons (Fsp3) is 0.520. The second-order valence-corrected chi connectivity index (χ2v) is 9.04. The highest BCUT2D eigenvalue weighted by atomic mass is 16.5. The van der Waals surface area contributed by atoms with E-state index in [2.05, 4.69) is 20.5 Å². The highest BCUT2D eigenvalue weighted by molar-refractivity contribution is 5.97. The summed E-state index contributed by atoms with van der Waals surface area (Å²) in [6.07, 6.45) is 7.32. The SMILES string of the molecule is CCC(CO)NC(=O)c1ccc(Nc2ncc3c(n2)N(C2CCCC2)CCC(=O)N3C)c(OC)c1. The Bertz CT molecular complexity index is 1070. The van der Waals surface area contributed by atoms with Gasteiger partial charge in [0.1, 0.15) is 11.4 Å². The molecule has 10 heteroatoms. The van der Waals surface area contributed by atoms with Crippen molar-refractivity contribution in [2.24, 2.45) is 0 Å². The lowest BCUT2D eigenvalue weighted by Gasteiger charge is -2.30. The maximum absolute atomic E-state index is 12.6. The normalized spacial score (nSPS) is 17.1. The number of amides is 2. The van der Waals surface area contributed by atoms with E-state index in [0.717, 1.165) is 18.7 Å². The predicted octanol–water partition coefficient (Wildman–Crippen LogP) is 2.85. The molecule has 1 aromatic heterocycles. The number of aromatic nitrogens is 2. The molecule has 1 aliphatic heterocycles. The molecule has 2 aromatic rings. The Hall–Kier alpha value is -3.40. The van der Waals surface area contributed by atoms with Gasteiger partial charge in [-0.15, -0.1) is 0 Å². The predicted molar refractivity (Wildman–Crippen MR) is 135 cm³/mol. The second-order valence-electron chi connectivity index (χ2n) is 9.04. The zero-order valence-electron chi connectivity index (χ0n) is 20.6. The third-order valence-electron chi connectivity index (χ3n) is 6.85. The van der Waals surface area contributed by atoms with E-state index < -0.39 is 0 Å². The van der Waals surface area contributed by atoms with Gasteiger partial charge in [-0.3, -0.25) is 9.59 Å². The number of anilines is 4. The smallest absolute Gasteiger partial charge is 0.251 e. The first-order valence-electron chi connectivity index (χ1n) is 12.2. The van der Waals surface area contributed by atoms with E-state index in [9.17, 15) is 14.7 Å². The molecular formula is C25H34N6O4. The molecule has 4 rings (SSSR count). The monoisotopic (exact) mass is 482 g/mol. The number of aliphatic hydroxyl groups is 1. The van der Waals surface area contributed by atoms with Crippen molar-refractivity contribution in [3.63, 3.8) is 0 Å². The van der Waals surface area contributed by atoms with Gasteiger partial charge in [0.15, 0.2) is 5.82 Å². The van der Waals surface area contributed by atoms with Crippen LogP contribution in [0.4, 0.5) is 23.1 Å². The first-order chi connectivity index (χ1) is 16.9. The molecular weight excluding hydrogens is 448 g/mol. The van der Waals surface area contributed by atoms with Crippen LogP contribution in [0.15, 0.2) is 24.4 Å². The molecule has 1 unspecified atom stereocenters. The second kappa shape index (κ2) is 10.9. The van der Waals surface area contributed by atoms with Crippen LogP contribution in [0.5, 0.6) is 5.75 Å². The van der Waals surface area contributed by atoms with Crippen LogP contribution in [-0.4, -0.2) is 66.3 Å². The number of benzene rings is 1. The molecule has 0 bridgehead atoms. The molecule has 1 fully saturated rings. The number of methoxy groups -OCH3 is 1. The number of fused-ring (bicyclic) bond motifs is 1. The third-order valence-corrected chi connectivity index (χ3v) is 6.85. The molecule has 1 aromatic carbocycles. The van der Waals surface area contributed by atoms with Gasteiger partial charge in [-0.2, -0.15) is 4.98 Å². The van der Waals surface area contributed by atoms with E-state index in [1.807, 2.05) is 6.92 Å². The van der Waals surface area contributed by atoms with Crippen molar-refractivity contribution in [3.8, 4) is 5.75 Å². The van der Waals surface area contributed by atoms with Crippen molar-refractivity contribution in [2.75, 3.05) is 42.4 Å². The summed E-state index contributed by atoms with van der Waals surface area (Å²) in [5.74, 6) is 1.38. The Morgan fingerprint density at radius 1 is 1.31 bits per heavy atom. The maximum atomic E-state index is 12.6. The standard InChI is InChI=1S/C25H34N6O4/c1-4-17(15-32)27-24(34)16-9-10-19(21(13-16)35-3)28-25-26-14-20-23(29-25)31(18-7-5-6-8-18)12-11-22(33)30(20)2/h9-10,13-14,17-18,32H,4-8,11-12,15H2,1-3H3,(H,27,34)(H,26,28,29). The molecule has 1 atom stereocenters. The summed E-state index contributed by atoms with van der Waals surface area (Å²) >= 11 is 0. The molecule has 10 nitrogen and oxygen atoms in total. The zero-order chi connectivity index (χ0) is 24.9. The molecule has 35 heavy (non-hydrogen) atoms. The Morgan fingerprint density at radius 3 is 2.77 bits per heavy atom. The lowest BCUT2D eigenvalue weighted by atomic mass is 10.1. The maximum Gasteiger partial charge on any atom is 0.251 e. The summed E-state index contributed by atoms with van der Waals surface area (Å²) in [4.78, 5) is 38.3. The number of ether oxygens (including phenoxy) is 1. The first kappa shape index (κ1) is 24.7. The Labute approximate surface area is 205 Å². The summed E-state index contributed by atoms with van der Waals surface area (Å²) in [7, 11) is 3.30. The summed E-state index contributed by atoms with van der Waals surface area (Å²) < 4.78 is 5.52. The molecule has 0 spiro atoms. The average Bonchev–Trinajstić information content (AvgIpc) is 3.38. The number of nitrogens with zero attached hydrogens (tertiary/aromatic N) is 4. The molecule has 2 aliphatic rings. The summed E-state index contributed by atoms with van der Waals surface area (Å²) in [6.45, 7) is 2.42. The highest BCUT2D eigenvalue weighted by Crippen LogP contribution is 2.37. The lowest BCUT2D eigenvalue weighted by molar-refractivity contribution is -0.118. The van der Waals surface area contributed by atoms with Crippen molar-refractivity contribution < 1.29 is 19.4 Å². The number of aliphatic hydroxyl groups excluding tert-OH is 1. The van der Waals surface area contributed by atoms with Crippen LogP contribution in [0, 0.1) is 0 Å². The number of hydrogen-bond donors (Lipinski definition) is 3. The molecule has 3 N–H and O–H groups in total. The zero-order valence-corrected chi connectivity index (χ0v) is 20.6. The number of hydrogen-bond acceptors (Lipinski definition) is 8. The fourth-order valence-electron chi connectivity index (χ4n) is 4.67. The molecule has 0 saturated heterocycles. The van der Waals surface area contributed by atoms with E-state index in [1.165, 1.54) is 20.0 Å². The summed E-state index contributed by atoms with van der Waals surface area (Å²) in [5.41, 5.74) is 1.75. The van der Waals surface area contributed by atoms with E-state index in [0.29, 0.717) is 54.1 Å². The third kappa shape index (κ3) is 5.32. The Balaban J connectivity index is 1.60. The van der Waals surface area contributed by atoms with E-state index >= 15 is 0 Å². The van der Waals surface area contributed by atoms with Gasteiger partial charge in [-0.1, -0.05) is 19.8 Å². The lowest BCUT2D eigenvalue weighted by Crippen LogP contribution is -2.36. The van der Waals surface area contributed by atoms with E-state index in [-0.39, 0.29) is 24.5 Å². The molecule has 2 heterocycles. The van der Waals surface area contributed by atoms with Crippen LogP contribution in [0.3, 0.4) is 0 Å². The Morgan fingerprint density at radius 2 is 2.09 bits per heavy atom. The van der Waals surface area contributed by atoms with Crippen LogP contribution in [0.25, 0.3) is 0 Å². The Kier molecular flexibility index (Phi) is 7.70. The molecule has 188 valence electrons. The van der Waals surface area contributed by atoms with E-state index in [4.69, 9.17) is 9.72 Å². The topological polar surface area (TPSA) is 120 Å². The van der Waals surface area contributed by atoms with E-state index in [1.54, 1.807) is 36.3 Å². The summed E-state index contributed by atoms with van der Waals surface area (Å²) in [6, 6.07) is 5.14. The van der Waals surface area contributed by atoms with Crippen molar-refractivity contribution >= 4 is 35.0 Å².